The van der Waals surface area contributed by atoms with Crippen LogP contribution < -0.4 is 10.5 Å². The molecular formula is C14H13N3O2. The van der Waals surface area contributed by atoms with Crippen molar-refractivity contribution >= 4 is 17.5 Å². The number of primary amides is 1. The summed E-state index contributed by atoms with van der Waals surface area (Å²) in [5, 5.41) is 8.13. The molecule has 2 aromatic rings. The first-order valence-corrected chi connectivity index (χ1v) is 5.70. The molecule has 0 aliphatic rings. The van der Waals surface area contributed by atoms with Crippen molar-refractivity contribution in [3.8, 4) is 5.75 Å². The summed E-state index contributed by atoms with van der Waals surface area (Å²) in [4.78, 5) is 10.8. The van der Waals surface area contributed by atoms with Gasteiger partial charge in [-0.2, -0.15) is 5.11 Å². The van der Waals surface area contributed by atoms with Gasteiger partial charge in [-0.25, -0.2) is 4.79 Å². The van der Waals surface area contributed by atoms with E-state index in [1.807, 2.05) is 31.2 Å². The van der Waals surface area contributed by atoms with Crippen molar-refractivity contribution in [2.45, 2.75) is 6.92 Å². The van der Waals surface area contributed by atoms with Gasteiger partial charge in [-0.05, 0) is 31.2 Å². The fourth-order valence-corrected chi connectivity index (χ4v) is 1.46. The van der Waals surface area contributed by atoms with E-state index in [9.17, 15) is 4.79 Å². The number of hydrogen-bond acceptors (Lipinski definition) is 4. The zero-order valence-electron chi connectivity index (χ0n) is 10.4. The largest absolute Gasteiger partial charge is 0.410 e. The Kier molecular flexibility index (Phi) is 3.87. The molecule has 0 aromatic heterocycles. The predicted molar refractivity (Wildman–Crippen MR) is 72.0 cm³/mol. The molecule has 0 saturated carbocycles. The minimum absolute atomic E-state index is 0.283. The molecule has 0 saturated heterocycles. The van der Waals surface area contributed by atoms with Crippen LogP contribution in [0, 0.1) is 6.92 Å². The number of amides is 1. The fraction of sp³-hybridized carbons (Fsp3) is 0.0714. The van der Waals surface area contributed by atoms with E-state index in [1.165, 1.54) is 0 Å². The minimum Gasteiger partial charge on any atom is -0.408 e. The maximum atomic E-state index is 10.8. The highest BCUT2D eigenvalue weighted by molar-refractivity contribution is 5.70. The van der Waals surface area contributed by atoms with Crippen molar-refractivity contribution in [1.82, 2.24) is 0 Å². The molecule has 2 aromatic carbocycles. The molecule has 0 heterocycles. The first-order chi connectivity index (χ1) is 9.15. The number of nitrogens with zero attached hydrogens (tertiary/aromatic N) is 2. The van der Waals surface area contributed by atoms with Gasteiger partial charge >= 0.3 is 6.09 Å². The lowest BCUT2D eigenvalue weighted by Gasteiger charge is -2.02. The van der Waals surface area contributed by atoms with E-state index in [0.29, 0.717) is 5.69 Å². The van der Waals surface area contributed by atoms with Crippen molar-refractivity contribution in [2.24, 2.45) is 16.0 Å². The van der Waals surface area contributed by atoms with Gasteiger partial charge in [-0.15, -0.1) is 5.11 Å². The van der Waals surface area contributed by atoms with Crippen molar-refractivity contribution < 1.29 is 9.53 Å². The number of azo groups is 1. The molecule has 0 bridgehead atoms. The van der Waals surface area contributed by atoms with E-state index in [0.717, 1.165) is 11.3 Å². The Hall–Kier alpha value is -2.69. The maximum Gasteiger partial charge on any atom is 0.410 e. The van der Waals surface area contributed by atoms with Gasteiger partial charge in [0.1, 0.15) is 5.69 Å². The highest BCUT2D eigenvalue weighted by Crippen LogP contribution is 2.28. The number of para-hydroxylation sites is 1. The summed E-state index contributed by atoms with van der Waals surface area (Å²) in [6, 6.07) is 14.4. The summed E-state index contributed by atoms with van der Waals surface area (Å²) in [5.74, 6) is 0.283. The van der Waals surface area contributed by atoms with Crippen LogP contribution in [-0.2, 0) is 0 Å². The first-order valence-electron chi connectivity index (χ1n) is 5.70. The fourth-order valence-electron chi connectivity index (χ4n) is 1.46. The summed E-state index contributed by atoms with van der Waals surface area (Å²) in [6.07, 6.45) is -0.877. The Balaban J connectivity index is 2.22. The van der Waals surface area contributed by atoms with Crippen LogP contribution >= 0.6 is 0 Å². The number of carbonyl (C=O) groups is 1. The van der Waals surface area contributed by atoms with Crippen LogP contribution in [0.5, 0.6) is 5.75 Å². The Morgan fingerprint density at radius 2 is 1.74 bits per heavy atom. The summed E-state index contributed by atoms with van der Waals surface area (Å²) in [5.41, 5.74) is 7.30. The Bertz CT molecular complexity index is 606. The molecule has 0 spiro atoms. The molecule has 19 heavy (non-hydrogen) atoms. The van der Waals surface area contributed by atoms with Gasteiger partial charge in [-0.1, -0.05) is 29.8 Å². The molecule has 0 unspecified atom stereocenters. The molecule has 1 amide bonds. The highest BCUT2D eigenvalue weighted by atomic mass is 16.5. The summed E-state index contributed by atoms with van der Waals surface area (Å²) in [6.45, 7) is 2.00. The molecule has 0 atom stereocenters. The smallest absolute Gasteiger partial charge is 0.408 e. The van der Waals surface area contributed by atoms with Gasteiger partial charge in [0.05, 0.1) is 5.69 Å². The quantitative estimate of drug-likeness (QED) is 0.845. The topological polar surface area (TPSA) is 77.0 Å². The van der Waals surface area contributed by atoms with E-state index >= 15 is 0 Å². The molecule has 2 N–H and O–H groups in total. The number of carbonyl (C=O) groups excluding carboxylic acids is 1. The molecule has 5 nitrogen and oxygen atoms in total. The summed E-state index contributed by atoms with van der Waals surface area (Å²) in [7, 11) is 0. The van der Waals surface area contributed by atoms with E-state index in [4.69, 9.17) is 10.5 Å². The van der Waals surface area contributed by atoms with E-state index in [1.54, 1.807) is 24.3 Å². The lowest BCUT2D eigenvalue weighted by atomic mass is 10.2. The third-order valence-corrected chi connectivity index (χ3v) is 2.38. The van der Waals surface area contributed by atoms with Crippen LogP contribution in [0.15, 0.2) is 58.8 Å². The Morgan fingerprint density at radius 3 is 2.42 bits per heavy atom. The van der Waals surface area contributed by atoms with Crippen LogP contribution in [0.2, 0.25) is 0 Å². The average Bonchev–Trinajstić information content (AvgIpc) is 2.39. The van der Waals surface area contributed by atoms with Gasteiger partial charge < -0.3 is 10.5 Å². The van der Waals surface area contributed by atoms with Gasteiger partial charge in [-0.3, -0.25) is 0 Å². The number of benzene rings is 2. The van der Waals surface area contributed by atoms with Crippen molar-refractivity contribution in [1.29, 1.82) is 0 Å². The highest BCUT2D eigenvalue weighted by Gasteiger charge is 2.04. The molecule has 2 rings (SSSR count). The molecule has 0 aliphatic heterocycles. The lowest BCUT2D eigenvalue weighted by molar-refractivity contribution is 0.211. The predicted octanol–water partition coefficient (Wildman–Crippen LogP) is 3.87. The summed E-state index contributed by atoms with van der Waals surface area (Å²) >= 11 is 0. The first kappa shape index (κ1) is 12.8. The number of ether oxygens (including phenoxy) is 1. The van der Waals surface area contributed by atoms with E-state index in [2.05, 4.69) is 10.2 Å². The van der Waals surface area contributed by atoms with E-state index < -0.39 is 6.09 Å². The monoisotopic (exact) mass is 255 g/mol. The van der Waals surface area contributed by atoms with Crippen LogP contribution in [0.4, 0.5) is 16.2 Å². The second-order valence-electron chi connectivity index (χ2n) is 3.92. The van der Waals surface area contributed by atoms with Gasteiger partial charge in [0.2, 0.25) is 0 Å². The number of nitrogens with two attached hydrogens (primary N) is 1. The number of aryl methyl sites for hydroxylation is 1. The van der Waals surface area contributed by atoms with Gasteiger partial charge in [0, 0.05) is 0 Å². The van der Waals surface area contributed by atoms with Gasteiger partial charge in [0.25, 0.3) is 0 Å². The summed E-state index contributed by atoms with van der Waals surface area (Å²) < 4.78 is 4.84. The minimum atomic E-state index is -0.877. The number of rotatable bonds is 3. The van der Waals surface area contributed by atoms with Crippen LogP contribution in [0.1, 0.15) is 5.56 Å². The maximum absolute atomic E-state index is 10.8. The Morgan fingerprint density at radius 1 is 1.05 bits per heavy atom. The molecule has 5 heteroatoms. The van der Waals surface area contributed by atoms with Crippen molar-refractivity contribution in [3.63, 3.8) is 0 Å². The molecule has 96 valence electrons. The zero-order chi connectivity index (χ0) is 13.7. The molecule has 0 fully saturated rings. The normalized spacial score (nSPS) is 10.6. The van der Waals surface area contributed by atoms with E-state index in [-0.39, 0.29) is 5.75 Å². The Labute approximate surface area is 110 Å². The van der Waals surface area contributed by atoms with Crippen LogP contribution in [-0.4, -0.2) is 6.09 Å². The number of hydrogen-bond donors (Lipinski definition) is 1. The van der Waals surface area contributed by atoms with Crippen molar-refractivity contribution in [2.75, 3.05) is 0 Å². The second-order valence-corrected chi connectivity index (χ2v) is 3.92. The molecular weight excluding hydrogens is 242 g/mol. The molecule has 0 aliphatic carbocycles. The van der Waals surface area contributed by atoms with Gasteiger partial charge in [0.15, 0.2) is 5.75 Å². The molecule has 0 radical (unpaired) electrons. The lowest BCUT2D eigenvalue weighted by Crippen LogP contribution is -2.16. The third-order valence-electron chi connectivity index (χ3n) is 2.38. The second kappa shape index (κ2) is 5.77. The zero-order valence-corrected chi connectivity index (χ0v) is 10.4. The standard InChI is InChI=1S/C14H13N3O2/c1-10-6-8-11(9-7-10)16-17-12-4-2-3-5-13(12)19-14(15)18/h2-9H,1H3,(H2,15,18). The van der Waals surface area contributed by atoms with Crippen LogP contribution in [0.25, 0.3) is 0 Å². The average molecular weight is 255 g/mol. The van der Waals surface area contributed by atoms with Crippen molar-refractivity contribution in [3.05, 3.63) is 54.1 Å². The third kappa shape index (κ3) is 3.64. The SMILES string of the molecule is Cc1ccc(N=Nc2ccccc2OC(N)=O)cc1. The van der Waals surface area contributed by atoms with Crippen LogP contribution in [0.3, 0.4) is 0 Å².